The Kier molecular flexibility index (Phi) is 4.88. The summed E-state index contributed by atoms with van der Waals surface area (Å²) in [6.07, 6.45) is 0. The fourth-order valence-electron chi connectivity index (χ4n) is 2.57. The number of benzene rings is 3. The normalized spacial score (nSPS) is 10.6. The van der Waals surface area contributed by atoms with E-state index in [1.807, 2.05) is 24.3 Å². The molecule has 0 saturated carbocycles. The summed E-state index contributed by atoms with van der Waals surface area (Å²) >= 11 is 11.3. The number of thiocarbonyl (C=S) groups is 1. The van der Waals surface area contributed by atoms with E-state index in [1.165, 1.54) is 5.39 Å². The Morgan fingerprint density at radius 3 is 2.62 bits per heavy atom. The van der Waals surface area contributed by atoms with Gasteiger partial charge in [0.1, 0.15) is 11.6 Å². The van der Waals surface area contributed by atoms with Crippen LogP contribution in [0.5, 0.6) is 11.5 Å². The second-order valence-corrected chi connectivity index (χ2v) is 6.13. The summed E-state index contributed by atoms with van der Waals surface area (Å²) in [6.45, 7) is 0.379. The highest BCUT2D eigenvalue weighted by atomic mass is 35.5. The van der Waals surface area contributed by atoms with E-state index >= 15 is 0 Å². The second kappa shape index (κ2) is 7.07. The van der Waals surface area contributed by atoms with Crippen molar-refractivity contribution in [1.29, 1.82) is 0 Å². The summed E-state index contributed by atoms with van der Waals surface area (Å²) in [5, 5.41) is 2.73. The molecule has 0 heterocycles. The Labute approximate surface area is 150 Å². The van der Waals surface area contributed by atoms with Gasteiger partial charge in [-0.1, -0.05) is 66.3 Å². The number of rotatable bonds is 5. The van der Waals surface area contributed by atoms with Gasteiger partial charge < -0.3 is 15.2 Å². The molecule has 5 heteroatoms. The van der Waals surface area contributed by atoms with Crippen molar-refractivity contribution in [3.05, 3.63) is 70.7 Å². The largest absolute Gasteiger partial charge is 0.493 e. The van der Waals surface area contributed by atoms with Crippen LogP contribution in [-0.2, 0) is 6.61 Å². The van der Waals surface area contributed by atoms with Crippen LogP contribution in [0, 0.1) is 0 Å². The molecule has 0 aliphatic rings. The summed E-state index contributed by atoms with van der Waals surface area (Å²) in [5.41, 5.74) is 7.38. The maximum Gasteiger partial charge on any atom is 0.180 e. The summed E-state index contributed by atoms with van der Waals surface area (Å²) < 4.78 is 11.3. The molecule has 0 radical (unpaired) electrons. The number of hydrogen-bond donors (Lipinski definition) is 1. The molecular weight excluding hydrogens is 342 g/mol. The summed E-state index contributed by atoms with van der Waals surface area (Å²) in [4.78, 5) is 0.260. The molecular formula is C19H16ClNO2S. The molecule has 3 nitrogen and oxygen atoms in total. The highest BCUT2D eigenvalue weighted by molar-refractivity contribution is 7.80. The first kappa shape index (κ1) is 16.6. The molecule has 0 saturated heterocycles. The highest BCUT2D eigenvalue weighted by Crippen LogP contribution is 2.37. The van der Waals surface area contributed by atoms with Crippen molar-refractivity contribution < 1.29 is 9.47 Å². The number of nitrogens with two attached hydrogens (primary N) is 1. The lowest BCUT2D eigenvalue weighted by Gasteiger charge is -2.15. The third-order valence-electron chi connectivity index (χ3n) is 3.77. The van der Waals surface area contributed by atoms with Gasteiger partial charge in [-0.3, -0.25) is 0 Å². The van der Waals surface area contributed by atoms with E-state index in [0.717, 1.165) is 10.9 Å². The van der Waals surface area contributed by atoms with Crippen LogP contribution in [0.4, 0.5) is 0 Å². The van der Waals surface area contributed by atoms with Crippen molar-refractivity contribution in [2.75, 3.05) is 7.11 Å². The highest BCUT2D eigenvalue weighted by Gasteiger charge is 2.14. The van der Waals surface area contributed by atoms with E-state index in [9.17, 15) is 0 Å². The van der Waals surface area contributed by atoms with Crippen LogP contribution in [0.25, 0.3) is 10.8 Å². The van der Waals surface area contributed by atoms with Gasteiger partial charge in [0.25, 0.3) is 0 Å². The zero-order valence-electron chi connectivity index (χ0n) is 13.1. The van der Waals surface area contributed by atoms with Crippen molar-refractivity contribution in [3.63, 3.8) is 0 Å². The van der Waals surface area contributed by atoms with E-state index < -0.39 is 0 Å². The third-order valence-corrected chi connectivity index (χ3v) is 4.28. The molecule has 3 rings (SSSR count). The van der Waals surface area contributed by atoms with Gasteiger partial charge in [-0.2, -0.15) is 0 Å². The topological polar surface area (TPSA) is 44.5 Å². The molecule has 0 unspecified atom stereocenters. The van der Waals surface area contributed by atoms with Gasteiger partial charge >= 0.3 is 0 Å². The van der Waals surface area contributed by atoms with Gasteiger partial charge in [0.05, 0.1) is 12.1 Å². The summed E-state index contributed by atoms with van der Waals surface area (Å²) in [7, 11) is 1.56. The first-order valence-corrected chi connectivity index (χ1v) is 8.15. The average molecular weight is 358 g/mol. The van der Waals surface area contributed by atoms with Crippen molar-refractivity contribution in [2.24, 2.45) is 5.73 Å². The lowest BCUT2D eigenvalue weighted by atomic mass is 10.1. The van der Waals surface area contributed by atoms with E-state index in [1.54, 1.807) is 19.2 Å². The van der Waals surface area contributed by atoms with Gasteiger partial charge in [-0.15, -0.1) is 0 Å². The standard InChI is InChI=1S/C19H16ClNO2S/c1-22-17-10-14(19(21)24)9-16(20)18(17)23-11-13-7-4-6-12-5-2-3-8-15(12)13/h2-10H,11H2,1H3,(H2,21,24). The van der Waals surface area contributed by atoms with E-state index in [-0.39, 0.29) is 4.99 Å². The minimum atomic E-state index is 0.260. The average Bonchev–Trinajstić information content (AvgIpc) is 2.60. The summed E-state index contributed by atoms with van der Waals surface area (Å²) in [5.74, 6) is 0.984. The first-order valence-electron chi connectivity index (χ1n) is 7.37. The SMILES string of the molecule is COc1cc(C(N)=S)cc(Cl)c1OCc1cccc2ccccc12. The van der Waals surface area contributed by atoms with Gasteiger partial charge in [0.15, 0.2) is 11.5 Å². The Bertz CT molecular complexity index is 906. The minimum Gasteiger partial charge on any atom is -0.493 e. The molecule has 3 aromatic carbocycles. The van der Waals surface area contributed by atoms with Crippen LogP contribution in [0.3, 0.4) is 0 Å². The predicted molar refractivity (Wildman–Crippen MR) is 102 cm³/mol. The predicted octanol–water partition coefficient (Wildman–Crippen LogP) is 4.72. The molecule has 0 atom stereocenters. The maximum absolute atomic E-state index is 6.32. The number of methoxy groups -OCH3 is 1. The monoisotopic (exact) mass is 357 g/mol. The molecule has 0 fully saturated rings. The molecule has 3 aromatic rings. The van der Waals surface area contributed by atoms with Gasteiger partial charge in [0.2, 0.25) is 0 Å². The second-order valence-electron chi connectivity index (χ2n) is 5.28. The zero-order chi connectivity index (χ0) is 17.1. The van der Waals surface area contributed by atoms with E-state index in [2.05, 4.69) is 18.2 Å². The Morgan fingerprint density at radius 1 is 1.12 bits per heavy atom. The van der Waals surface area contributed by atoms with Crippen molar-refractivity contribution in [2.45, 2.75) is 6.61 Å². The van der Waals surface area contributed by atoms with Gasteiger partial charge in [-0.25, -0.2) is 0 Å². The van der Waals surface area contributed by atoms with Crippen LogP contribution in [0.15, 0.2) is 54.6 Å². The number of ether oxygens (including phenoxy) is 2. The lowest BCUT2D eigenvalue weighted by molar-refractivity contribution is 0.286. The maximum atomic E-state index is 6.32. The van der Waals surface area contributed by atoms with Crippen LogP contribution in [-0.4, -0.2) is 12.1 Å². The Balaban J connectivity index is 1.92. The smallest absolute Gasteiger partial charge is 0.180 e. The lowest BCUT2D eigenvalue weighted by Crippen LogP contribution is -2.10. The third kappa shape index (κ3) is 3.30. The molecule has 24 heavy (non-hydrogen) atoms. The molecule has 2 N–H and O–H groups in total. The first-order chi connectivity index (χ1) is 11.6. The van der Waals surface area contributed by atoms with E-state index in [0.29, 0.717) is 28.7 Å². The van der Waals surface area contributed by atoms with Crippen molar-refractivity contribution in [3.8, 4) is 11.5 Å². The van der Waals surface area contributed by atoms with Gasteiger partial charge in [-0.05, 0) is 28.5 Å². The molecule has 0 amide bonds. The number of halogens is 1. The van der Waals surface area contributed by atoms with Crippen molar-refractivity contribution >= 4 is 39.6 Å². The minimum absolute atomic E-state index is 0.260. The van der Waals surface area contributed by atoms with Crippen LogP contribution >= 0.6 is 23.8 Å². The fourth-order valence-corrected chi connectivity index (χ4v) is 2.95. The van der Waals surface area contributed by atoms with Crippen LogP contribution < -0.4 is 15.2 Å². The number of hydrogen-bond acceptors (Lipinski definition) is 3. The molecule has 0 spiro atoms. The quantitative estimate of drug-likeness (QED) is 0.671. The summed E-state index contributed by atoms with van der Waals surface area (Å²) in [6, 6.07) is 17.7. The van der Waals surface area contributed by atoms with E-state index in [4.69, 9.17) is 39.0 Å². The molecule has 0 aliphatic heterocycles. The Hall–Kier alpha value is -2.30. The molecule has 0 bridgehead atoms. The molecule has 0 aliphatic carbocycles. The van der Waals surface area contributed by atoms with Crippen LogP contribution in [0.2, 0.25) is 5.02 Å². The zero-order valence-corrected chi connectivity index (χ0v) is 14.7. The number of fused-ring (bicyclic) bond motifs is 1. The van der Waals surface area contributed by atoms with Gasteiger partial charge in [0, 0.05) is 5.56 Å². The molecule has 0 aromatic heterocycles. The van der Waals surface area contributed by atoms with Crippen LogP contribution in [0.1, 0.15) is 11.1 Å². The Morgan fingerprint density at radius 2 is 1.88 bits per heavy atom. The van der Waals surface area contributed by atoms with Crippen molar-refractivity contribution in [1.82, 2.24) is 0 Å². The fraction of sp³-hybridized carbons (Fsp3) is 0.105. The molecule has 122 valence electrons.